The molecule has 0 aromatic heterocycles. The standard InChI is InChI=1S/C16H30O4Si2/c1-21(2,19-13-5-11-17)15-7-9-16(10-8-15)22(3,4)20-14-6-12-18/h7-10,17-18H,5-6,11-14H2,1-4H3. The van der Waals surface area contributed by atoms with Crippen LogP contribution in [0.3, 0.4) is 0 Å². The second-order valence-electron chi connectivity index (χ2n) is 6.45. The molecule has 0 saturated carbocycles. The summed E-state index contributed by atoms with van der Waals surface area (Å²) < 4.78 is 12.0. The SMILES string of the molecule is C[Si](C)(OCCCO)c1ccc([Si](C)(C)OCCCO)cc1. The molecule has 1 aromatic rings. The first kappa shape index (κ1) is 19.5. The molecule has 0 fully saturated rings. The zero-order valence-electron chi connectivity index (χ0n) is 14.3. The molecule has 4 nitrogen and oxygen atoms in total. The maximum absolute atomic E-state index is 8.86. The molecule has 1 rings (SSSR count). The lowest BCUT2D eigenvalue weighted by Gasteiger charge is -2.26. The molecule has 0 radical (unpaired) electrons. The van der Waals surface area contributed by atoms with Gasteiger partial charge in [0.25, 0.3) is 0 Å². The van der Waals surface area contributed by atoms with Crippen molar-refractivity contribution in [2.24, 2.45) is 0 Å². The Kier molecular flexibility index (Phi) is 7.95. The van der Waals surface area contributed by atoms with E-state index in [9.17, 15) is 0 Å². The predicted octanol–water partition coefficient (Wildman–Crippen LogP) is 1.31. The van der Waals surface area contributed by atoms with Gasteiger partial charge in [0.1, 0.15) is 0 Å². The van der Waals surface area contributed by atoms with Crippen molar-refractivity contribution in [3.05, 3.63) is 24.3 Å². The number of rotatable bonds is 10. The van der Waals surface area contributed by atoms with Gasteiger partial charge in [0.2, 0.25) is 16.6 Å². The smallest absolute Gasteiger partial charge is 0.218 e. The van der Waals surface area contributed by atoms with Gasteiger partial charge in [-0.3, -0.25) is 0 Å². The van der Waals surface area contributed by atoms with Crippen molar-refractivity contribution < 1.29 is 19.1 Å². The molecule has 0 atom stereocenters. The van der Waals surface area contributed by atoms with Gasteiger partial charge in [-0.15, -0.1) is 0 Å². The number of hydrogen-bond donors (Lipinski definition) is 2. The Hall–Kier alpha value is -0.506. The molecule has 1 aromatic carbocycles. The molecule has 126 valence electrons. The minimum atomic E-state index is -1.90. The van der Waals surface area contributed by atoms with E-state index in [2.05, 4.69) is 50.5 Å². The number of hydrogen-bond acceptors (Lipinski definition) is 4. The van der Waals surface area contributed by atoms with E-state index < -0.39 is 16.6 Å². The van der Waals surface area contributed by atoms with Crippen LogP contribution in [0, 0.1) is 0 Å². The van der Waals surface area contributed by atoms with Gasteiger partial charge in [-0.05, 0) is 49.4 Å². The first-order chi connectivity index (χ1) is 10.3. The van der Waals surface area contributed by atoms with Crippen LogP contribution >= 0.6 is 0 Å². The quantitative estimate of drug-likeness (QED) is 0.497. The molecule has 0 bridgehead atoms. The van der Waals surface area contributed by atoms with Crippen molar-refractivity contribution in [2.45, 2.75) is 39.0 Å². The average Bonchev–Trinajstić information content (AvgIpc) is 2.48. The molecule has 0 aliphatic rings. The Bertz CT molecular complexity index is 391. The van der Waals surface area contributed by atoms with Crippen LogP contribution in [0.4, 0.5) is 0 Å². The lowest BCUT2D eigenvalue weighted by Crippen LogP contribution is -2.48. The first-order valence-corrected chi connectivity index (χ1v) is 13.8. The summed E-state index contributed by atoms with van der Waals surface area (Å²) in [5.41, 5.74) is 0. The van der Waals surface area contributed by atoms with Crippen molar-refractivity contribution in [2.75, 3.05) is 26.4 Å². The van der Waals surface area contributed by atoms with Gasteiger partial charge in [-0.2, -0.15) is 0 Å². The molecule has 0 aliphatic carbocycles. The second-order valence-corrected chi connectivity index (χ2v) is 14.2. The van der Waals surface area contributed by atoms with Crippen molar-refractivity contribution >= 4 is 27.0 Å². The molecule has 6 heteroatoms. The summed E-state index contributed by atoms with van der Waals surface area (Å²) in [4.78, 5) is 0. The van der Waals surface area contributed by atoms with E-state index in [-0.39, 0.29) is 13.2 Å². The lowest BCUT2D eigenvalue weighted by atomic mass is 10.4. The predicted molar refractivity (Wildman–Crippen MR) is 96.0 cm³/mol. The van der Waals surface area contributed by atoms with Gasteiger partial charge >= 0.3 is 0 Å². The van der Waals surface area contributed by atoms with E-state index in [1.165, 1.54) is 10.4 Å². The normalized spacial score (nSPS) is 12.6. The highest BCUT2D eigenvalue weighted by atomic mass is 28.4. The molecule has 22 heavy (non-hydrogen) atoms. The minimum absolute atomic E-state index is 0.175. The molecule has 0 spiro atoms. The summed E-state index contributed by atoms with van der Waals surface area (Å²) in [6, 6.07) is 8.63. The Balaban J connectivity index is 2.72. The zero-order valence-corrected chi connectivity index (χ0v) is 16.3. The van der Waals surface area contributed by atoms with E-state index in [0.717, 1.165) is 0 Å². The third kappa shape index (κ3) is 5.94. The topological polar surface area (TPSA) is 58.9 Å². The maximum atomic E-state index is 8.86. The second kappa shape index (κ2) is 8.95. The minimum Gasteiger partial charge on any atom is -0.413 e. The van der Waals surface area contributed by atoms with Gasteiger partial charge in [0, 0.05) is 26.4 Å². The summed E-state index contributed by atoms with van der Waals surface area (Å²) in [5, 5.41) is 20.2. The maximum Gasteiger partial charge on any atom is 0.218 e. The molecular formula is C16H30O4Si2. The zero-order chi connectivity index (χ0) is 16.6. The largest absolute Gasteiger partial charge is 0.413 e. The first-order valence-electron chi connectivity index (χ1n) is 7.94. The number of aliphatic hydroxyl groups is 2. The summed E-state index contributed by atoms with van der Waals surface area (Å²) in [7, 11) is -3.80. The van der Waals surface area contributed by atoms with Gasteiger partial charge < -0.3 is 19.1 Å². The molecule has 0 heterocycles. The van der Waals surface area contributed by atoms with E-state index in [0.29, 0.717) is 26.1 Å². The average molecular weight is 343 g/mol. The van der Waals surface area contributed by atoms with Crippen molar-refractivity contribution in [1.29, 1.82) is 0 Å². The Labute approximate surface area is 136 Å². The highest BCUT2D eigenvalue weighted by molar-refractivity contribution is 6.86. The Morgan fingerprint density at radius 2 is 1.05 bits per heavy atom. The van der Waals surface area contributed by atoms with Gasteiger partial charge in [0.05, 0.1) is 0 Å². The van der Waals surface area contributed by atoms with Crippen LogP contribution in [0.15, 0.2) is 24.3 Å². The van der Waals surface area contributed by atoms with Gasteiger partial charge in [0.15, 0.2) is 0 Å². The third-order valence-electron chi connectivity index (χ3n) is 3.81. The van der Waals surface area contributed by atoms with E-state index >= 15 is 0 Å². The number of benzene rings is 1. The molecular weight excluding hydrogens is 312 g/mol. The monoisotopic (exact) mass is 342 g/mol. The van der Waals surface area contributed by atoms with Crippen LogP contribution in [0.2, 0.25) is 26.2 Å². The van der Waals surface area contributed by atoms with Crippen LogP contribution < -0.4 is 10.4 Å². The summed E-state index contributed by atoms with van der Waals surface area (Å²) in [5.74, 6) is 0. The van der Waals surface area contributed by atoms with Crippen molar-refractivity contribution in [1.82, 2.24) is 0 Å². The third-order valence-corrected chi connectivity index (χ3v) is 9.11. The van der Waals surface area contributed by atoms with E-state index in [4.69, 9.17) is 19.1 Å². The highest BCUT2D eigenvalue weighted by Crippen LogP contribution is 2.09. The van der Waals surface area contributed by atoms with Crippen molar-refractivity contribution in [3.63, 3.8) is 0 Å². The Morgan fingerprint density at radius 1 is 0.727 bits per heavy atom. The lowest BCUT2D eigenvalue weighted by molar-refractivity contribution is 0.231. The van der Waals surface area contributed by atoms with E-state index in [1.807, 2.05) is 0 Å². The number of aliphatic hydroxyl groups excluding tert-OH is 2. The summed E-state index contributed by atoms with van der Waals surface area (Å²) >= 11 is 0. The summed E-state index contributed by atoms with van der Waals surface area (Å²) in [6.07, 6.45) is 1.38. The molecule has 2 N–H and O–H groups in total. The van der Waals surface area contributed by atoms with Crippen LogP contribution in [0.25, 0.3) is 0 Å². The van der Waals surface area contributed by atoms with E-state index in [1.54, 1.807) is 0 Å². The summed E-state index contributed by atoms with van der Waals surface area (Å²) in [6.45, 7) is 10.3. The fourth-order valence-corrected chi connectivity index (χ4v) is 5.80. The highest BCUT2D eigenvalue weighted by Gasteiger charge is 2.28. The molecule has 0 saturated heterocycles. The Morgan fingerprint density at radius 3 is 1.32 bits per heavy atom. The molecule has 0 aliphatic heterocycles. The van der Waals surface area contributed by atoms with Gasteiger partial charge in [-0.25, -0.2) is 0 Å². The van der Waals surface area contributed by atoms with Crippen LogP contribution in [0.5, 0.6) is 0 Å². The molecule has 0 amide bonds. The van der Waals surface area contributed by atoms with Crippen LogP contribution in [-0.2, 0) is 8.85 Å². The van der Waals surface area contributed by atoms with Crippen molar-refractivity contribution in [3.8, 4) is 0 Å². The molecule has 0 unspecified atom stereocenters. The van der Waals surface area contributed by atoms with Gasteiger partial charge in [-0.1, -0.05) is 24.3 Å². The fourth-order valence-electron chi connectivity index (χ4n) is 2.22. The van der Waals surface area contributed by atoms with Crippen LogP contribution in [0.1, 0.15) is 12.8 Å². The van der Waals surface area contributed by atoms with Crippen LogP contribution in [-0.4, -0.2) is 53.3 Å². The fraction of sp³-hybridized carbons (Fsp3) is 0.625.